The monoisotopic (exact) mass is 260 g/mol. The summed E-state index contributed by atoms with van der Waals surface area (Å²) in [4.78, 5) is 28.8. The van der Waals surface area contributed by atoms with Gasteiger partial charge >= 0.3 is 0 Å². The Morgan fingerprint density at radius 2 is 2.06 bits per heavy atom. The maximum atomic E-state index is 11.4. The molecule has 0 aliphatic heterocycles. The lowest BCUT2D eigenvalue weighted by Gasteiger charge is -2.21. The molecule has 0 radical (unpaired) electrons. The molecular formula is C11H17ClN2O3. The summed E-state index contributed by atoms with van der Waals surface area (Å²) in [6.45, 7) is 5.19. The molecule has 0 rings (SSSR count). The highest BCUT2D eigenvalue weighted by molar-refractivity contribution is 6.27. The summed E-state index contributed by atoms with van der Waals surface area (Å²) in [6, 6.07) is 0. The van der Waals surface area contributed by atoms with Crippen LogP contribution in [0.2, 0.25) is 0 Å². The number of hydrogen-bond donors (Lipinski definition) is 1. The molecule has 17 heavy (non-hydrogen) atoms. The van der Waals surface area contributed by atoms with E-state index in [4.69, 9.17) is 22.9 Å². The lowest BCUT2D eigenvalue weighted by Crippen LogP contribution is -2.41. The number of hydroxylamine groups is 1. The van der Waals surface area contributed by atoms with E-state index >= 15 is 0 Å². The van der Waals surface area contributed by atoms with E-state index in [1.54, 1.807) is 20.8 Å². The van der Waals surface area contributed by atoms with Crippen LogP contribution in [0, 0.1) is 17.8 Å². The first-order valence-electron chi connectivity index (χ1n) is 5.02. The molecule has 0 saturated heterocycles. The van der Waals surface area contributed by atoms with E-state index in [-0.39, 0.29) is 31.0 Å². The van der Waals surface area contributed by atoms with Crippen LogP contribution in [0.1, 0.15) is 20.8 Å². The maximum Gasteiger partial charge on any atom is 0.248 e. The number of terminal acetylenes is 1. The van der Waals surface area contributed by atoms with Gasteiger partial charge in [0, 0.05) is 5.41 Å². The van der Waals surface area contributed by atoms with Crippen molar-refractivity contribution in [3.8, 4) is 12.3 Å². The molecule has 0 aromatic heterocycles. The normalized spacial score (nSPS) is 10.5. The summed E-state index contributed by atoms with van der Waals surface area (Å²) in [5, 5.41) is 0. The van der Waals surface area contributed by atoms with Crippen LogP contribution >= 0.6 is 11.6 Å². The van der Waals surface area contributed by atoms with Gasteiger partial charge in [-0.3, -0.25) is 14.4 Å². The van der Waals surface area contributed by atoms with Gasteiger partial charge in [-0.15, -0.1) is 18.0 Å². The number of halogens is 1. The van der Waals surface area contributed by atoms with E-state index in [0.29, 0.717) is 0 Å². The molecular weight excluding hydrogens is 244 g/mol. The number of carbonyl (C=O) groups is 2. The molecule has 6 heteroatoms. The van der Waals surface area contributed by atoms with Crippen molar-refractivity contribution in [1.29, 1.82) is 0 Å². The highest BCUT2D eigenvalue weighted by atomic mass is 35.5. The molecule has 1 N–H and O–H groups in total. The maximum absolute atomic E-state index is 11.4. The van der Waals surface area contributed by atoms with Crippen molar-refractivity contribution in [1.82, 2.24) is 10.4 Å². The van der Waals surface area contributed by atoms with Crippen LogP contribution in [0.5, 0.6) is 0 Å². The summed E-state index contributed by atoms with van der Waals surface area (Å²) in [7, 11) is 0. The van der Waals surface area contributed by atoms with Crippen molar-refractivity contribution in [2.24, 2.45) is 5.41 Å². The molecule has 0 atom stereocenters. The molecule has 0 aromatic rings. The standard InChI is InChI=1S/C11H17ClN2O3/c1-5-6-14(9(15)7-12)8-17-13-10(16)11(2,3)4/h1H,6-8H2,2-4H3,(H,13,16). The van der Waals surface area contributed by atoms with Crippen LogP contribution in [0.25, 0.3) is 0 Å². The van der Waals surface area contributed by atoms with Gasteiger partial charge < -0.3 is 4.90 Å². The second-order valence-electron chi connectivity index (χ2n) is 4.38. The van der Waals surface area contributed by atoms with Gasteiger partial charge in [-0.25, -0.2) is 5.48 Å². The first-order chi connectivity index (χ1) is 7.82. The van der Waals surface area contributed by atoms with Crippen LogP contribution in [0.15, 0.2) is 0 Å². The molecule has 0 aromatic carbocycles. The topological polar surface area (TPSA) is 58.6 Å². The van der Waals surface area contributed by atoms with Crippen molar-refractivity contribution >= 4 is 23.4 Å². The van der Waals surface area contributed by atoms with Crippen LogP contribution in [0.3, 0.4) is 0 Å². The van der Waals surface area contributed by atoms with E-state index in [0.717, 1.165) is 0 Å². The highest BCUT2D eigenvalue weighted by Crippen LogP contribution is 2.12. The fourth-order valence-electron chi connectivity index (χ4n) is 0.729. The average molecular weight is 261 g/mol. The fraction of sp³-hybridized carbons (Fsp3) is 0.636. The number of carbonyl (C=O) groups excluding carboxylic acids is 2. The Kier molecular flexibility index (Phi) is 6.62. The van der Waals surface area contributed by atoms with Crippen molar-refractivity contribution in [3.63, 3.8) is 0 Å². The van der Waals surface area contributed by atoms with E-state index in [1.807, 2.05) is 0 Å². The number of nitrogens with one attached hydrogen (secondary N) is 1. The second-order valence-corrected chi connectivity index (χ2v) is 4.65. The quantitative estimate of drug-likeness (QED) is 0.343. The molecule has 0 aliphatic carbocycles. The molecule has 0 fully saturated rings. The molecule has 0 spiro atoms. The lowest BCUT2D eigenvalue weighted by atomic mass is 9.96. The SMILES string of the molecule is C#CCN(CONC(=O)C(C)(C)C)C(=O)CCl. The number of alkyl halides is 1. The van der Waals surface area contributed by atoms with Crippen LogP contribution in [-0.2, 0) is 14.4 Å². The molecule has 0 aliphatic rings. The lowest BCUT2D eigenvalue weighted by molar-refractivity contribution is -0.151. The van der Waals surface area contributed by atoms with Gasteiger partial charge in [0.1, 0.15) is 12.6 Å². The predicted octanol–water partition coefficient (Wildman–Crippen LogP) is 0.738. The van der Waals surface area contributed by atoms with Gasteiger partial charge in [0.05, 0.1) is 6.54 Å². The Balaban J connectivity index is 4.12. The second kappa shape index (κ2) is 7.15. The van der Waals surface area contributed by atoms with Gasteiger partial charge in [-0.05, 0) is 0 Å². The Labute approximate surface area is 106 Å². The summed E-state index contributed by atoms with van der Waals surface area (Å²) >= 11 is 5.39. The minimum atomic E-state index is -0.562. The van der Waals surface area contributed by atoms with Crippen LogP contribution in [-0.4, -0.2) is 35.9 Å². The zero-order valence-corrected chi connectivity index (χ0v) is 11.0. The number of nitrogens with zero attached hydrogens (tertiary/aromatic N) is 1. The number of rotatable bonds is 5. The van der Waals surface area contributed by atoms with Gasteiger partial charge in [0.15, 0.2) is 0 Å². The van der Waals surface area contributed by atoms with Crippen LogP contribution in [0.4, 0.5) is 0 Å². The third kappa shape index (κ3) is 6.15. The zero-order valence-electron chi connectivity index (χ0n) is 10.2. The molecule has 0 bridgehead atoms. The molecule has 5 nitrogen and oxygen atoms in total. The van der Waals surface area contributed by atoms with E-state index in [2.05, 4.69) is 11.4 Å². The zero-order chi connectivity index (χ0) is 13.5. The van der Waals surface area contributed by atoms with Crippen LogP contribution < -0.4 is 5.48 Å². The minimum absolute atomic E-state index is 0.0803. The predicted molar refractivity (Wildman–Crippen MR) is 64.8 cm³/mol. The smallest absolute Gasteiger partial charge is 0.248 e. The number of amides is 2. The molecule has 0 heterocycles. The van der Waals surface area contributed by atoms with Crippen molar-refractivity contribution in [2.75, 3.05) is 19.2 Å². The highest BCUT2D eigenvalue weighted by Gasteiger charge is 2.21. The summed E-state index contributed by atoms with van der Waals surface area (Å²) < 4.78 is 0. The average Bonchev–Trinajstić information content (AvgIpc) is 2.25. The fourth-order valence-corrected chi connectivity index (χ4v) is 0.898. The molecule has 2 amide bonds. The largest absolute Gasteiger partial charge is 0.305 e. The first-order valence-corrected chi connectivity index (χ1v) is 5.55. The third-order valence-corrected chi connectivity index (χ3v) is 2.04. The third-order valence-electron chi connectivity index (χ3n) is 1.82. The van der Waals surface area contributed by atoms with E-state index in [9.17, 15) is 9.59 Å². The van der Waals surface area contributed by atoms with Gasteiger partial charge in [0.2, 0.25) is 11.8 Å². The summed E-state index contributed by atoms with van der Waals surface area (Å²) in [5.41, 5.74) is 1.68. The summed E-state index contributed by atoms with van der Waals surface area (Å²) in [5.74, 6) is 1.49. The Hall–Kier alpha value is -1.25. The van der Waals surface area contributed by atoms with Gasteiger partial charge in [-0.1, -0.05) is 26.7 Å². The van der Waals surface area contributed by atoms with Gasteiger partial charge in [-0.2, -0.15) is 0 Å². The Bertz CT molecular complexity index is 318. The molecule has 0 saturated carbocycles. The van der Waals surface area contributed by atoms with Gasteiger partial charge in [0.25, 0.3) is 0 Å². The molecule has 0 unspecified atom stereocenters. The van der Waals surface area contributed by atoms with E-state index in [1.165, 1.54) is 4.90 Å². The Morgan fingerprint density at radius 1 is 1.47 bits per heavy atom. The minimum Gasteiger partial charge on any atom is -0.305 e. The summed E-state index contributed by atoms with van der Waals surface area (Å²) in [6.07, 6.45) is 5.09. The molecule has 96 valence electrons. The Morgan fingerprint density at radius 3 is 2.47 bits per heavy atom. The van der Waals surface area contributed by atoms with Crippen molar-refractivity contribution in [3.05, 3.63) is 0 Å². The van der Waals surface area contributed by atoms with E-state index < -0.39 is 5.41 Å². The number of hydrogen-bond acceptors (Lipinski definition) is 3. The van der Waals surface area contributed by atoms with Crippen molar-refractivity contribution in [2.45, 2.75) is 20.8 Å². The van der Waals surface area contributed by atoms with Crippen molar-refractivity contribution < 1.29 is 14.4 Å². The first kappa shape index (κ1) is 15.8.